The van der Waals surface area contributed by atoms with Gasteiger partial charge in [0.1, 0.15) is 12.4 Å². The van der Waals surface area contributed by atoms with Crippen molar-refractivity contribution < 1.29 is 9.84 Å². The number of aromatic nitrogens is 2. The standard InChI is InChI=1S/C14H16N2O2/c17-14(6-1-7-14)10-18-13-4-2-12(3-5-13)16-9-8-15-11-16/h2-5,8-9,11,17H,1,6-7,10H2. The van der Waals surface area contributed by atoms with Crippen molar-refractivity contribution in [3.63, 3.8) is 0 Å². The van der Waals surface area contributed by atoms with E-state index in [0.29, 0.717) is 6.61 Å². The second-order valence-corrected chi connectivity index (χ2v) is 4.83. The number of rotatable bonds is 4. The molecular weight excluding hydrogens is 228 g/mol. The van der Waals surface area contributed by atoms with E-state index in [0.717, 1.165) is 30.7 Å². The summed E-state index contributed by atoms with van der Waals surface area (Å²) in [7, 11) is 0. The van der Waals surface area contributed by atoms with Crippen molar-refractivity contribution in [2.45, 2.75) is 24.9 Å². The minimum absolute atomic E-state index is 0.386. The van der Waals surface area contributed by atoms with Gasteiger partial charge in [-0.15, -0.1) is 0 Å². The Balaban J connectivity index is 1.64. The molecule has 0 bridgehead atoms. The van der Waals surface area contributed by atoms with E-state index in [1.807, 2.05) is 35.0 Å². The first-order chi connectivity index (χ1) is 8.75. The van der Waals surface area contributed by atoms with Gasteiger partial charge >= 0.3 is 0 Å². The van der Waals surface area contributed by atoms with Gasteiger partial charge < -0.3 is 14.4 Å². The average Bonchev–Trinajstić information content (AvgIpc) is 2.88. The van der Waals surface area contributed by atoms with Gasteiger partial charge in [0.25, 0.3) is 0 Å². The summed E-state index contributed by atoms with van der Waals surface area (Å²) >= 11 is 0. The van der Waals surface area contributed by atoms with Gasteiger partial charge in [0.15, 0.2) is 0 Å². The number of hydrogen-bond donors (Lipinski definition) is 1. The highest BCUT2D eigenvalue weighted by atomic mass is 16.5. The van der Waals surface area contributed by atoms with Crippen LogP contribution >= 0.6 is 0 Å². The van der Waals surface area contributed by atoms with Gasteiger partial charge in [-0.25, -0.2) is 4.98 Å². The third kappa shape index (κ3) is 2.24. The summed E-state index contributed by atoms with van der Waals surface area (Å²) in [6.45, 7) is 0.386. The summed E-state index contributed by atoms with van der Waals surface area (Å²) in [4.78, 5) is 4.01. The maximum atomic E-state index is 9.94. The fourth-order valence-corrected chi connectivity index (χ4v) is 2.07. The van der Waals surface area contributed by atoms with E-state index in [4.69, 9.17) is 4.74 Å². The smallest absolute Gasteiger partial charge is 0.119 e. The summed E-state index contributed by atoms with van der Waals surface area (Å²) in [6, 6.07) is 7.78. The van der Waals surface area contributed by atoms with Gasteiger partial charge in [-0.3, -0.25) is 0 Å². The van der Waals surface area contributed by atoms with Crippen LogP contribution in [0.25, 0.3) is 5.69 Å². The Morgan fingerprint density at radius 2 is 2.06 bits per heavy atom. The van der Waals surface area contributed by atoms with E-state index in [2.05, 4.69) is 4.98 Å². The fraction of sp³-hybridized carbons (Fsp3) is 0.357. The normalized spacial score (nSPS) is 17.2. The zero-order chi connectivity index (χ0) is 12.4. The van der Waals surface area contributed by atoms with Crippen LogP contribution in [-0.2, 0) is 0 Å². The molecule has 1 aromatic heterocycles. The molecule has 0 spiro atoms. The number of benzene rings is 1. The van der Waals surface area contributed by atoms with Crippen molar-refractivity contribution >= 4 is 0 Å². The zero-order valence-electron chi connectivity index (χ0n) is 10.1. The van der Waals surface area contributed by atoms with Crippen molar-refractivity contribution in [1.29, 1.82) is 0 Å². The van der Waals surface area contributed by atoms with Gasteiger partial charge in [0.05, 0.1) is 11.9 Å². The Morgan fingerprint density at radius 3 is 2.61 bits per heavy atom. The van der Waals surface area contributed by atoms with E-state index in [-0.39, 0.29) is 0 Å². The Labute approximate surface area is 106 Å². The second kappa shape index (κ2) is 4.46. The first-order valence-corrected chi connectivity index (χ1v) is 6.19. The first-order valence-electron chi connectivity index (χ1n) is 6.19. The molecule has 4 nitrogen and oxygen atoms in total. The second-order valence-electron chi connectivity index (χ2n) is 4.83. The van der Waals surface area contributed by atoms with Crippen LogP contribution in [0.2, 0.25) is 0 Å². The Kier molecular flexibility index (Phi) is 2.80. The molecule has 1 N–H and O–H groups in total. The molecule has 0 saturated heterocycles. The van der Waals surface area contributed by atoms with E-state index < -0.39 is 5.60 Å². The first kappa shape index (κ1) is 11.3. The monoisotopic (exact) mass is 244 g/mol. The summed E-state index contributed by atoms with van der Waals surface area (Å²) in [6.07, 6.45) is 8.19. The molecule has 1 saturated carbocycles. The third-order valence-corrected chi connectivity index (χ3v) is 3.43. The molecule has 3 rings (SSSR count). The lowest BCUT2D eigenvalue weighted by molar-refractivity contribution is -0.0663. The highest BCUT2D eigenvalue weighted by Gasteiger charge is 2.35. The number of hydrogen-bond acceptors (Lipinski definition) is 3. The van der Waals surface area contributed by atoms with Crippen LogP contribution < -0.4 is 4.74 Å². The van der Waals surface area contributed by atoms with Gasteiger partial charge in [-0.2, -0.15) is 0 Å². The van der Waals surface area contributed by atoms with Gasteiger partial charge in [0, 0.05) is 18.1 Å². The summed E-state index contributed by atoms with van der Waals surface area (Å²) in [5.41, 5.74) is 0.449. The van der Waals surface area contributed by atoms with Crippen LogP contribution in [0.15, 0.2) is 43.0 Å². The summed E-state index contributed by atoms with van der Waals surface area (Å²) in [5, 5.41) is 9.94. The van der Waals surface area contributed by atoms with Crippen LogP contribution in [0.4, 0.5) is 0 Å². The van der Waals surface area contributed by atoms with Gasteiger partial charge in [0.2, 0.25) is 0 Å². The number of aliphatic hydroxyl groups is 1. The largest absolute Gasteiger partial charge is 0.491 e. The molecule has 0 unspecified atom stereocenters. The molecule has 2 aromatic rings. The number of ether oxygens (including phenoxy) is 1. The Bertz CT molecular complexity index is 501. The van der Waals surface area contributed by atoms with E-state index in [1.165, 1.54) is 0 Å². The van der Waals surface area contributed by atoms with Crippen molar-refractivity contribution in [2.75, 3.05) is 6.61 Å². The van der Waals surface area contributed by atoms with Crippen molar-refractivity contribution in [2.24, 2.45) is 0 Å². The van der Waals surface area contributed by atoms with Crippen molar-refractivity contribution in [3.8, 4) is 11.4 Å². The summed E-state index contributed by atoms with van der Waals surface area (Å²) < 4.78 is 7.54. The van der Waals surface area contributed by atoms with Crippen LogP contribution in [0.1, 0.15) is 19.3 Å². The average molecular weight is 244 g/mol. The quantitative estimate of drug-likeness (QED) is 0.896. The highest BCUT2D eigenvalue weighted by molar-refractivity contribution is 5.37. The van der Waals surface area contributed by atoms with Crippen molar-refractivity contribution in [3.05, 3.63) is 43.0 Å². The van der Waals surface area contributed by atoms with Crippen LogP contribution in [0, 0.1) is 0 Å². The van der Waals surface area contributed by atoms with Gasteiger partial charge in [-0.1, -0.05) is 0 Å². The topological polar surface area (TPSA) is 47.3 Å². The molecule has 0 amide bonds. The maximum Gasteiger partial charge on any atom is 0.119 e. The third-order valence-electron chi connectivity index (χ3n) is 3.43. The molecule has 0 atom stereocenters. The fourth-order valence-electron chi connectivity index (χ4n) is 2.07. The van der Waals surface area contributed by atoms with Crippen molar-refractivity contribution in [1.82, 2.24) is 9.55 Å². The molecular formula is C14H16N2O2. The molecule has 94 valence electrons. The van der Waals surface area contributed by atoms with E-state index >= 15 is 0 Å². The zero-order valence-corrected chi connectivity index (χ0v) is 10.1. The Morgan fingerprint density at radius 1 is 1.28 bits per heavy atom. The predicted molar refractivity (Wildman–Crippen MR) is 67.9 cm³/mol. The van der Waals surface area contributed by atoms with Crippen LogP contribution in [0.5, 0.6) is 5.75 Å². The minimum atomic E-state index is -0.594. The van der Waals surface area contributed by atoms with E-state index in [1.54, 1.807) is 12.5 Å². The summed E-state index contributed by atoms with van der Waals surface area (Å²) in [5.74, 6) is 0.791. The minimum Gasteiger partial charge on any atom is -0.491 e. The number of nitrogens with zero attached hydrogens (tertiary/aromatic N) is 2. The molecule has 18 heavy (non-hydrogen) atoms. The van der Waals surface area contributed by atoms with Gasteiger partial charge in [-0.05, 0) is 43.5 Å². The Hall–Kier alpha value is -1.81. The molecule has 4 heteroatoms. The number of imidazole rings is 1. The molecule has 1 heterocycles. The SMILES string of the molecule is OC1(COc2ccc(-n3ccnc3)cc2)CCC1. The molecule has 1 aliphatic carbocycles. The molecule has 0 aliphatic heterocycles. The molecule has 1 aliphatic rings. The lowest BCUT2D eigenvalue weighted by Gasteiger charge is -2.35. The molecule has 1 fully saturated rings. The highest BCUT2D eigenvalue weighted by Crippen LogP contribution is 2.32. The maximum absolute atomic E-state index is 9.94. The lowest BCUT2D eigenvalue weighted by atomic mass is 9.81. The van der Waals surface area contributed by atoms with Crippen LogP contribution in [0.3, 0.4) is 0 Å². The van der Waals surface area contributed by atoms with E-state index in [9.17, 15) is 5.11 Å². The molecule has 0 radical (unpaired) electrons. The van der Waals surface area contributed by atoms with Crippen LogP contribution in [-0.4, -0.2) is 26.9 Å². The lowest BCUT2D eigenvalue weighted by Crippen LogP contribution is -2.42. The predicted octanol–water partition coefficient (Wildman–Crippen LogP) is 2.17. The molecule has 1 aromatic carbocycles.